The summed E-state index contributed by atoms with van der Waals surface area (Å²) in [6.45, 7) is 10.6. The van der Waals surface area contributed by atoms with Crippen LogP contribution < -0.4 is 4.72 Å². The van der Waals surface area contributed by atoms with Crippen LogP contribution in [0.4, 0.5) is 9.18 Å². The van der Waals surface area contributed by atoms with Gasteiger partial charge in [-0.05, 0) is 57.7 Å². The summed E-state index contributed by atoms with van der Waals surface area (Å²) in [5.74, 6) is 0.0304. The number of hydrogen-bond donors (Lipinski definition) is 1. The highest BCUT2D eigenvalue weighted by molar-refractivity contribution is 7.92. The van der Waals surface area contributed by atoms with Gasteiger partial charge in [0, 0.05) is 28.4 Å². The number of benzene rings is 1. The Hall–Kier alpha value is -3.25. The van der Waals surface area contributed by atoms with Gasteiger partial charge in [-0.2, -0.15) is 0 Å². The van der Waals surface area contributed by atoms with Gasteiger partial charge in [0.1, 0.15) is 29.1 Å². The van der Waals surface area contributed by atoms with Gasteiger partial charge in [0.25, 0.3) is 10.0 Å². The fourth-order valence-corrected chi connectivity index (χ4v) is 6.44. The number of nitrogens with zero attached hydrogens (tertiary/aromatic N) is 2. The average Bonchev–Trinajstić information content (AvgIpc) is 3.43. The Labute approximate surface area is 232 Å². The van der Waals surface area contributed by atoms with Gasteiger partial charge >= 0.3 is 12.1 Å². The molecule has 0 aliphatic carbocycles. The summed E-state index contributed by atoms with van der Waals surface area (Å²) in [5.41, 5.74) is 0.369. The van der Waals surface area contributed by atoms with Crippen LogP contribution in [0.15, 0.2) is 40.9 Å². The molecule has 1 amide bonds. The van der Waals surface area contributed by atoms with Crippen molar-refractivity contribution in [2.75, 3.05) is 13.2 Å². The molecule has 0 bridgehead atoms. The Morgan fingerprint density at radius 2 is 1.85 bits per heavy atom. The van der Waals surface area contributed by atoms with Crippen molar-refractivity contribution in [1.29, 1.82) is 0 Å². The second-order valence-electron chi connectivity index (χ2n) is 10.5. The van der Waals surface area contributed by atoms with E-state index in [1.165, 1.54) is 6.07 Å². The molecule has 3 aromatic rings. The fourth-order valence-electron chi connectivity index (χ4n) is 3.60. The summed E-state index contributed by atoms with van der Waals surface area (Å²) in [5, 5.41) is 0. The van der Waals surface area contributed by atoms with Gasteiger partial charge in [0.2, 0.25) is 0 Å². The van der Waals surface area contributed by atoms with Crippen molar-refractivity contribution in [2.24, 2.45) is 11.3 Å². The Balaban J connectivity index is 1.80. The number of aryl methyl sites for hydroxylation is 1. The molecule has 0 aliphatic rings. The van der Waals surface area contributed by atoms with Crippen molar-refractivity contribution >= 4 is 33.4 Å². The minimum absolute atomic E-state index is 0.119. The Kier molecular flexibility index (Phi) is 9.55. The molecular weight excluding hydrogens is 545 g/mol. The van der Waals surface area contributed by atoms with Crippen LogP contribution in [0.25, 0.3) is 11.1 Å². The number of aromatic nitrogens is 2. The lowest BCUT2D eigenvalue weighted by Gasteiger charge is -2.16. The van der Waals surface area contributed by atoms with E-state index in [4.69, 9.17) is 9.47 Å². The molecule has 3 rings (SSSR count). The third-order valence-corrected chi connectivity index (χ3v) is 8.61. The number of carbonyl (C=O) groups is 2. The molecule has 0 fully saturated rings. The molecule has 0 unspecified atom stereocenters. The summed E-state index contributed by atoms with van der Waals surface area (Å²) in [6, 6.07) is 6.28. The molecule has 2 heterocycles. The Bertz CT molecular complexity index is 1440. The number of imidazole rings is 1. The summed E-state index contributed by atoms with van der Waals surface area (Å²) in [6.07, 6.45) is 2.79. The van der Waals surface area contributed by atoms with Crippen LogP contribution in [0.5, 0.6) is 0 Å². The molecule has 1 N–H and O–H groups in total. The molecule has 0 spiro atoms. The predicted octanol–water partition coefficient (Wildman–Crippen LogP) is 5.31. The van der Waals surface area contributed by atoms with Crippen LogP contribution in [0.3, 0.4) is 0 Å². The number of sulfonamides is 1. The maximum absolute atomic E-state index is 15.1. The van der Waals surface area contributed by atoms with E-state index < -0.39 is 33.3 Å². The maximum atomic E-state index is 15.1. The normalized spacial score (nSPS) is 12.0. The van der Waals surface area contributed by atoms with Crippen LogP contribution in [0.2, 0.25) is 0 Å². The number of esters is 1. The van der Waals surface area contributed by atoms with Gasteiger partial charge in [0.15, 0.2) is 0 Å². The largest absolute Gasteiger partial charge is 0.462 e. The van der Waals surface area contributed by atoms with Gasteiger partial charge in [0.05, 0.1) is 12.0 Å². The van der Waals surface area contributed by atoms with Crippen molar-refractivity contribution in [3.05, 3.63) is 58.7 Å². The number of halogens is 1. The predicted molar refractivity (Wildman–Crippen MR) is 146 cm³/mol. The van der Waals surface area contributed by atoms with E-state index in [9.17, 15) is 18.0 Å². The molecule has 0 aliphatic heterocycles. The monoisotopic (exact) mass is 579 g/mol. The lowest BCUT2D eigenvalue weighted by molar-refractivity contribution is -0.153. The SMILES string of the molecule is Cc1nccn1Cc1ccc(-c2cc(CC(C)C)sc2S(=O)(=O)NC(=O)OCCOC(=O)C(C)(C)C)cc1F. The van der Waals surface area contributed by atoms with Crippen LogP contribution in [-0.2, 0) is 37.3 Å². The van der Waals surface area contributed by atoms with Gasteiger partial charge in [-0.25, -0.2) is 27.3 Å². The first-order chi connectivity index (χ1) is 18.2. The second-order valence-corrected chi connectivity index (χ2v) is 13.6. The molecule has 0 saturated carbocycles. The summed E-state index contributed by atoms with van der Waals surface area (Å²) < 4.78 is 55.1. The third-order valence-electron chi connectivity index (χ3n) is 5.61. The first-order valence-corrected chi connectivity index (χ1v) is 14.7. The zero-order valence-electron chi connectivity index (χ0n) is 22.9. The molecule has 12 heteroatoms. The summed E-state index contributed by atoms with van der Waals surface area (Å²) in [4.78, 5) is 29.0. The smallest absolute Gasteiger partial charge is 0.421 e. The standard InChI is InChI=1S/C27H34FN3O6S2/c1-17(2)13-21-15-22(19-7-8-20(23(28)14-19)16-31-10-9-29-18(31)3)24(38-21)39(34,35)30-26(33)37-12-11-36-25(32)27(4,5)6/h7-10,14-15,17H,11-13,16H2,1-6H3,(H,30,33). The Morgan fingerprint density at radius 1 is 1.15 bits per heavy atom. The van der Waals surface area contributed by atoms with Crippen molar-refractivity contribution in [1.82, 2.24) is 14.3 Å². The van der Waals surface area contributed by atoms with E-state index in [1.54, 1.807) is 55.9 Å². The number of hydrogen-bond acceptors (Lipinski definition) is 8. The fraction of sp³-hybridized carbons (Fsp3) is 0.444. The van der Waals surface area contributed by atoms with Crippen LogP contribution in [0.1, 0.15) is 50.9 Å². The lowest BCUT2D eigenvalue weighted by atomic mass is 9.97. The number of ether oxygens (including phenoxy) is 2. The highest BCUT2D eigenvalue weighted by Gasteiger charge is 2.27. The number of thiophene rings is 1. The molecule has 0 radical (unpaired) electrons. The topological polar surface area (TPSA) is 117 Å². The lowest BCUT2D eigenvalue weighted by Crippen LogP contribution is -2.32. The van der Waals surface area contributed by atoms with Crippen LogP contribution >= 0.6 is 11.3 Å². The maximum Gasteiger partial charge on any atom is 0.421 e. The molecule has 212 valence electrons. The molecule has 2 aromatic heterocycles. The van der Waals surface area contributed by atoms with Gasteiger partial charge in [-0.15, -0.1) is 11.3 Å². The van der Waals surface area contributed by atoms with Crippen molar-refractivity contribution < 1.29 is 31.9 Å². The molecule has 1 aromatic carbocycles. The van der Waals surface area contributed by atoms with E-state index in [2.05, 4.69) is 4.98 Å². The molecule has 0 saturated heterocycles. The van der Waals surface area contributed by atoms with E-state index in [1.807, 2.05) is 25.5 Å². The van der Waals surface area contributed by atoms with Crippen LogP contribution in [-0.4, -0.2) is 43.2 Å². The Morgan fingerprint density at radius 3 is 2.44 bits per heavy atom. The molecule has 0 atom stereocenters. The highest BCUT2D eigenvalue weighted by atomic mass is 32.2. The number of nitrogens with one attached hydrogen (secondary N) is 1. The summed E-state index contributed by atoms with van der Waals surface area (Å²) >= 11 is 1.02. The van der Waals surface area contributed by atoms with Gasteiger partial charge in [-0.1, -0.05) is 26.0 Å². The van der Waals surface area contributed by atoms with Crippen molar-refractivity contribution in [3.63, 3.8) is 0 Å². The van der Waals surface area contributed by atoms with Crippen molar-refractivity contribution in [3.8, 4) is 11.1 Å². The number of amides is 1. The second kappa shape index (κ2) is 12.3. The van der Waals surface area contributed by atoms with Crippen molar-refractivity contribution in [2.45, 2.75) is 58.7 Å². The number of carbonyl (C=O) groups excluding carboxylic acids is 2. The zero-order valence-corrected chi connectivity index (χ0v) is 24.5. The minimum Gasteiger partial charge on any atom is -0.462 e. The zero-order chi connectivity index (χ0) is 29.0. The van der Waals surface area contributed by atoms with E-state index in [0.717, 1.165) is 22.0 Å². The van der Waals surface area contributed by atoms with E-state index in [0.29, 0.717) is 23.1 Å². The van der Waals surface area contributed by atoms with Gasteiger partial charge in [-0.3, -0.25) is 4.79 Å². The van der Waals surface area contributed by atoms with E-state index in [-0.39, 0.29) is 29.9 Å². The summed E-state index contributed by atoms with van der Waals surface area (Å²) in [7, 11) is -4.35. The van der Waals surface area contributed by atoms with Crippen LogP contribution in [0, 0.1) is 24.1 Å². The van der Waals surface area contributed by atoms with Gasteiger partial charge < -0.3 is 14.0 Å². The number of rotatable bonds is 10. The quantitative estimate of drug-likeness (QED) is 0.256. The first-order valence-electron chi connectivity index (χ1n) is 12.4. The molecule has 39 heavy (non-hydrogen) atoms. The van der Waals surface area contributed by atoms with E-state index >= 15 is 4.39 Å². The molecule has 9 nitrogen and oxygen atoms in total. The first kappa shape index (κ1) is 30.3. The highest BCUT2D eigenvalue weighted by Crippen LogP contribution is 2.37. The minimum atomic E-state index is -4.35. The third kappa shape index (κ3) is 8.12. The average molecular weight is 580 g/mol. The molecular formula is C27H34FN3O6S2.